The first-order valence-corrected chi connectivity index (χ1v) is 7.71. The predicted molar refractivity (Wildman–Crippen MR) is 89.7 cm³/mol. The molecule has 1 amide bonds. The van der Waals surface area contributed by atoms with Gasteiger partial charge in [0.1, 0.15) is 6.33 Å². The molecule has 6 nitrogen and oxygen atoms in total. The maximum atomic E-state index is 12.4. The third kappa shape index (κ3) is 3.67. The van der Waals surface area contributed by atoms with E-state index in [4.69, 9.17) is 0 Å². The van der Waals surface area contributed by atoms with Gasteiger partial charge in [-0.25, -0.2) is 9.67 Å². The molecule has 0 bridgehead atoms. The van der Waals surface area contributed by atoms with Gasteiger partial charge in [-0.1, -0.05) is 48.5 Å². The number of carbonyl (C=O) groups is 1. The van der Waals surface area contributed by atoms with Gasteiger partial charge in [0.05, 0.1) is 11.7 Å². The maximum Gasteiger partial charge on any atom is 0.291 e. The van der Waals surface area contributed by atoms with Crippen molar-refractivity contribution in [2.75, 3.05) is 6.61 Å². The topological polar surface area (TPSA) is 80.0 Å². The average molecular weight is 322 g/mol. The van der Waals surface area contributed by atoms with Crippen molar-refractivity contribution in [2.45, 2.75) is 12.5 Å². The van der Waals surface area contributed by atoms with Gasteiger partial charge in [-0.05, 0) is 24.1 Å². The molecule has 2 N–H and O–H groups in total. The highest BCUT2D eigenvalue weighted by Gasteiger charge is 2.18. The van der Waals surface area contributed by atoms with E-state index < -0.39 is 0 Å². The summed E-state index contributed by atoms with van der Waals surface area (Å²) < 4.78 is 1.55. The average Bonchev–Trinajstić information content (AvgIpc) is 3.13. The van der Waals surface area contributed by atoms with Crippen LogP contribution in [0.25, 0.3) is 5.69 Å². The first kappa shape index (κ1) is 15.9. The Kier molecular flexibility index (Phi) is 4.98. The normalized spacial score (nSPS) is 11.9. The van der Waals surface area contributed by atoms with Crippen molar-refractivity contribution in [2.24, 2.45) is 0 Å². The summed E-state index contributed by atoms with van der Waals surface area (Å²) in [5.41, 5.74) is 1.77. The Hall–Kier alpha value is -2.99. The Morgan fingerprint density at radius 3 is 2.42 bits per heavy atom. The van der Waals surface area contributed by atoms with E-state index in [-0.39, 0.29) is 24.4 Å². The first-order chi connectivity index (χ1) is 11.8. The molecule has 6 heteroatoms. The van der Waals surface area contributed by atoms with Crippen LogP contribution in [0, 0.1) is 0 Å². The van der Waals surface area contributed by atoms with Crippen LogP contribution in [0.5, 0.6) is 0 Å². The van der Waals surface area contributed by atoms with Crippen LogP contribution in [0.2, 0.25) is 0 Å². The van der Waals surface area contributed by atoms with Gasteiger partial charge in [0.15, 0.2) is 0 Å². The van der Waals surface area contributed by atoms with Crippen LogP contribution < -0.4 is 5.32 Å². The predicted octanol–water partition coefficient (Wildman–Crippen LogP) is 2.12. The van der Waals surface area contributed by atoms with Gasteiger partial charge in [-0.3, -0.25) is 4.79 Å². The van der Waals surface area contributed by atoms with Crippen molar-refractivity contribution >= 4 is 5.91 Å². The fraction of sp³-hybridized carbons (Fsp3) is 0.167. The molecule has 122 valence electrons. The van der Waals surface area contributed by atoms with Crippen LogP contribution in [0.15, 0.2) is 67.0 Å². The van der Waals surface area contributed by atoms with Crippen LogP contribution in [0.3, 0.4) is 0 Å². The number of benzene rings is 2. The number of nitrogens with one attached hydrogen (secondary N) is 1. The smallest absolute Gasteiger partial charge is 0.291 e. The maximum absolute atomic E-state index is 12.4. The molecule has 0 aliphatic rings. The Morgan fingerprint density at radius 2 is 1.75 bits per heavy atom. The Morgan fingerprint density at radius 1 is 1.08 bits per heavy atom. The second-order valence-electron chi connectivity index (χ2n) is 5.30. The van der Waals surface area contributed by atoms with E-state index in [1.54, 1.807) is 4.68 Å². The van der Waals surface area contributed by atoms with Gasteiger partial charge < -0.3 is 10.4 Å². The van der Waals surface area contributed by atoms with Gasteiger partial charge in [-0.15, -0.1) is 5.10 Å². The second-order valence-corrected chi connectivity index (χ2v) is 5.30. The summed E-state index contributed by atoms with van der Waals surface area (Å²) in [5.74, 6) is -0.273. The molecule has 0 fully saturated rings. The zero-order valence-electron chi connectivity index (χ0n) is 13.0. The minimum atomic E-state index is -0.369. The SMILES string of the molecule is O=C(NC(CCO)c1ccccc1)c1ncn(-c2ccccc2)n1. The van der Waals surface area contributed by atoms with E-state index in [0.29, 0.717) is 6.42 Å². The van der Waals surface area contributed by atoms with Gasteiger partial charge in [0.25, 0.3) is 5.91 Å². The molecule has 3 rings (SSSR count). The van der Waals surface area contributed by atoms with E-state index >= 15 is 0 Å². The third-order valence-electron chi connectivity index (χ3n) is 3.64. The summed E-state index contributed by atoms with van der Waals surface area (Å²) in [6, 6.07) is 18.7. The highest BCUT2D eigenvalue weighted by Crippen LogP contribution is 2.16. The monoisotopic (exact) mass is 322 g/mol. The Labute approximate surface area is 139 Å². The van der Waals surface area contributed by atoms with E-state index in [0.717, 1.165) is 11.3 Å². The Bertz CT molecular complexity index is 787. The van der Waals surface area contributed by atoms with Crippen LogP contribution in [-0.2, 0) is 0 Å². The molecule has 0 saturated carbocycles. The number of carbonyl (C=O) groups excluding carboxylic acids is 1. The molecule has 0 spiro atoms. The molecule has 2 aromatic carbocycles. The molecular weight excluding hydrogens is 304 g/mol. The molecule has 0 saturated heterocycles. The van der Waals surface area contributed by atoms with E-state index in [1.165, 1.54) is 6.33 Å². The van der Waals surface area contributed by atoms with Crippen molar-refractivity contribution in [3.05, 3.63) is 78.4 Å². The van der Waals surface area contributed by atoms with Crippen LogP contribution in [-0.4, -0.2) is 32.4 Å². The number of aliphatic hydroxyl groups is 1. The van der Waals surface area contributed by atoms with Gasteiger partial charge >= 0.3 is 0 Å². The quantitative estimate of drug-likeness (QED) is 0.728. The minimum absolute atomic E-state index is 0.0221. The fourth-order valence-electron chi connectivity index (χ4n) is 2.43. The summed E-state index contributed by atoms with van der Waals surface area (Å²) >= 11 is 0. The number of aliphatic hydroxyl groups excluding tert-OH is 1. The number of para-hydroxylation sites is 1. The molecule has 1 unspecified atom stereocenters. The van der Waals surface area contributed by atoms with Crippen LogP contribution in [0.1, 0.15) is 28.6 Å². The molecule has 3 aromatic rings. The zero-order chi connectivity index (χ0) is 16.8. The fourth-order valence-corrected chi connectivity index (χ4v) is 2.43. The third-order valence-corrected chi connectivity index (χ3v) is 3.64. The van der Waals surface area contributed by atoms with Gasteiger partial charge in [-0.2, -0.15) is 0 Å². The van der Waals surface area contributed by atoms with Gasteiger partial charge in [0.2, 0.25) is 5.82 Å². The molecule has 24 heavy (non-hydrogen) atoms. The van der Waals surface area contributed by atoms with Crippen molar-refractivity contribution in [3.8, 4) is 5.69 Å². The molecule has 1 heterocycles. The molecule has 1 atom stereocenters. The number of nitrogens with zero attached hydrogens (tertiary/aromatic N) is 3. The summed E-state index contributed by atoms with van der Waals surface area (Å²) in [6.07, 6.45) is 1.93. The van der Waals surface area contributed by atoms with Crippen LogP contribution in [0.4, 0.5) is 0 Å². The number of amides is 1. The summed E-state index contributed by atoms with van der Waals surface area (Å²) in [5, 5.41) is 16.3. The van der Waals surface area contributed by atoms with Crippen molar-refractivity contribution < 1.29 is 9.90 Å². The zero-order valence-corrected chi connectivity index (χ0v) is 13.0. The highest BCUT2D eigenvalue weighted by atomic mass is 16.3. The molecule has 1 aromatic heterocycles. The van der Waals surface area contributed by atoms with Crippen molar-refractivity contribution in [1.29, 1.82) is 0 Å². The lowest BCUT2D eigenvalue weighted by atomic mass is 10.0. The van der Waals surface area contributed by atoms with Gasteiger partial charge in [0, 0.05) is 6.61 Å². The largest absolute Gasteiger partial charge is 0.396 e. The molecule has 0 aliphatic heterocycles. The number of rotatable bonds is 6. The van der Waals surface area contributed by atoms with E-state index in [2.05, 4.69) is 15.4 Å². The molecular formula is C18H18N4O2. The highest BCUT2D eigenvalue weighted by molar-refractivity contribution is 5.90. The molecule has 0 aliphatic carbocycles. The lowest BCUT2D eigenvalue weighted by Gasteiger charge is -2.17. The number of aromatic nitrogens is 3. The number of hydrogen-bond donors (Lipinski definition) is 2. The van der Waals surface area contributed by atoms with Crippen molar-refractivity contribution in [1.82, 2.24) is 20.1 Å². The van der Waals surface area contributed by atoms with E-state index in [9.17, 15) is 9.90 Å². The van der Waals surface area contributed by atoms with E-state index in [1.807, 2.05) is 60.7 Å². The molecule has 0 radical (unpaired) electrons. The van der Waals surface area contributed by atoms with Crippen molar-refractivity contribution in [3.63, 3.8) is 0 Å². The minimum Gasteiger partial charge on any atom is -0.396 e. The Balaban J connectivity index is 1.75. The second kappa shape index (κ2) is 7.52. The summed E-state index contributed by atoms with van der Waals surface area (Å²) in [4.78, 5) is 16.5. The lowest BCUT2D eigenvalue weighted by molar-refractivity contribution is 0.0919. The lowest BCUT2D eigenvalue weighted by Crippen LogP contribution is -2.30. The standard InChI is InChI=1S/C18H18N4O2/c23-12-11-16(14-7-3-1-4-8-14)20-18(24)17-19-13-22(21-17)15-9-5-2-6-10-15/h1-10,13,16,23H,11-12H2,(H,20,24). The van der Waals surface area contributed by atoms with Crippen LogP contribution >= 0.6 is 0 Å². The first-order valence-electron chi connectivity index (χ1n) is 7.71. The summed E-state index contributed by atoms with van der Waals surface area (Å²) in [7, 11) is 0. The number of hydrogen-bond acceptors (Lipinski definition) is 4. The summed E-state index contributed by atoms with van der Waals surface area (Å²) in [6.45, 7) is -0.0221.